The van der Waals surface area contributed by atoms with Gasteiger partial charge < -0.3 is 14.1 Å². The third-order valence-corrected chi connectivity index (χ3v) is 12.8. The number of carbonyl (C=O) groups is 1. The van der Waals surface area contributed by atoms with E-state index >= 15 is 0 Å². The smallest absolute Gasteiger partial charge is 0.410 e. The Morgan fingerprint density at radius 3 is 2.03 bits per heavy atom. The number of rotatable bonds is 6. The molecule has 1 aromatic carbocycles. The number of piperidine rings is 1. The third-order valence-electron chi connectivity index (χ3n) is 6.68. The molecule has 0 aliphatic carbocycles. The van der Waals surface area contributed by atoms with Crippen molar-refractivity contribution in [3.05, 3.63) is 35.4 Å². The lowest BCUT2D eigenvalue weighted by Crippen LogP contribution is -2.53. The zero-order valence-corrected chi connectivity index (χ0v) is 22.4. The molecule has 1 aromatic rings. The van der Waals surface area contributed by atoms with Crippen LogP contribution in [-0.4, -0.2) is 37.6 Å². The molecule has 0 N–H and O–H groups in total. The first-order valence-corrected chi connectivity index (χ1v) is 14.1. The number of benzene rings is 1. The molecule has 32 heavy (non-hydrogen) atoms. The third kappa shape index (κ3) is 5.93. The number of nitrogens with zero attached hydrogens (tertiary/aromatic N) is 2. The molecule has 5 nitrogen and oxygen atoms in total. The van der Waals surface area contributed by atoms with Crippen LogP contribution in [0.4, 0.5) is 4.79 Å². The van der Waals surface area contributed by atoms with E-state index in [1.165, 1.54) is 0 Å². The second-order valence-electron chi connectivity index (χ2n) is 11.0. The second-order valence-corrected chi connectivity index (χ2v) is 16.4. The predicted octanol–water partition coefficient (Wildman–Crippen LogP) is 7.19. The van der Waals surface area contributed by atoms with Gasteiger partial charge in [0.2, 0.25) is 8.32 Å². The van der Waals surface area contributed by atoms with E-state index in [2.05, 4.69) is 47.6 Å². The van der Waals surface area contributed by atoms with Crippen LogP contribution in [0.3, 0.4) is 0 Å². The molecule has 6 heteroatoms. The first-order valence-electron chi connectivity index (χ1n) is 12.0. The van der Waals surface area contributed by atoms with Crippen molar-refractivity contribution in [1.82, 2.24) is 4.90 Å². The molecule has 0 aromatic heterocycles. The van der Waals surface area contributed by atoms with Crippen molar-refractivity contribution < 1.29 is 14.0 Å². The Bertz CT molecular complexity index is 784. The summed E-state index contributed by atoms with van der Waals surface area (Å²) < 4.78 is 12.8. The number of ether oxygens (including phenoxy) is 1. The minimum atomic E-state index is -2.03. The van der Waals surface area contributed by atoms with Gasteiger partial charge in [0.15, 0.2) is 0 Å². The molecule has 0 spiro atoms. The zero-order valence-electron chi connectivity index (χ0n) is 21.4. The van der Waals surface area contributed by atoms with E-state index in [0.717, 1.165) is 18.4 Å². The van der Waals surface area contributed by atoms with E-state index in [0.29, 0.717) is 28.7 Å². The van der Waals surface area contributed by atoms with Gasteiger partial charge in [-0.15, -0.1) is 0 Å². The number of hydrogen-bond acceptors (Lipinski definition) is 4. The highest BCUT2D eigenvalue weighted by atomic mass is 28.4. The molecule has 1 aliphatic heterocycles. The summed E-state index contributed by atoms with van der Waals surface area (Å²) in [6.45, 7) is 20.1. The molecule has 0 radical (unpaired) electrons. The first kappa shape index (κ1) is 26.4. The normalized spacial score (nSPS) is 20.0. The van der Waals surface area contributed by atoms with Gasteiger partial charge in [0.1, 0.15) is 5.60 Å². The Morgan fingerprint density at radius 2 is 1.59 bits per heavy atom. The fraction of sp³-hybridized carbons (Fsp3) is 0.692. The van der Waals surface area contributed by atoms with E-state index in [9.17, 15) is 10.1 Å². The van der Waals surface area contributed by atoms with Gasteiger partial charge in [0.25, 0.3) is 0 Å². The van der Waals surface area contributed by atoms with E-state index in [4.69, 9.17) is 9.16 Å². The van der Waals surface area contributed by atoms with Crippen molar-refractivity contribution in [1.29, 1.82) is 5.26 Å². The Hall–Kier alpha value is -1.84. The molecule has 1 aliphatic rings. The fourth-order valence-electron chi connectivity index (χ4n) is 5.37. The average Bonchev–Trinajstić information content (AvgIpc) is 2.69. The van der Waals surface area contributed by atoms with Gasteiger partial charge in [0.05, 0.1) is 17.7 Å². The second kappa shape index (κ2) is 10.4. The van der Waals surface area contributed by atoms with Crippen LogP contribution in [0.2, 0.25) is 16.6 Å². The minimum Gasteiger partial charge on any atom is -0.444 e. The summed E-state index contributed by atoms with van der Waals surface area (Å²) in [7, 11) is -2.03. The minimum absolute atomic E-state index is 0.105. The Morgan fingerprint density at radius 1 is 1.06 bits per heavy atom. The molecular weight excluding hydrogens is 416 g/mol. The Balaban J connectivity index is 2.36. The summed E-state index contributed by atoms with van der Waals surface area (Å²) in [5, 5.41) is 9.18. The van der Waals surface area contributed by atoms with E-state index < -0.39 is 13.9 Å². The van der Waals surface area contributed by atoms with Gasteiger partial charge in [-0.05, 0) is 67.9 Å². The summed E-state index contributed by atoms with van der Waals surface area (Å²) in [5.41, 5.74) is 2.63. The summed E-state index contributed by atoms with van der Waals surface area (Å²) in [6.07, 6.45) is 1.37. The maximum Gasteiger partial charge on any atom is 0.410 e. The zero-order chi connectivity index (χ0) is 24.3. The van der Waals surface area contributed by atoms with Gasteiger partial charge in [0, 0.05) is 12.6 Å². The predicted molar refractivity (Wildman–Crippen MR) is 132 cm³/mol. The van der Waals surface area contributed by atoms with Gasteiger partial charge >= 0.3 is 6.09 Å². The van der Waals surface area contributed by atoms with Gasteiger partial charge in [-0.1, -0.05) is 53.7 Å². The van der Waals surface area contributed by atoms with Crippen molar-refractivity contribution in [3.63, 3.8) is 0 Å². The van der Waals surface area contributed by atoms with Crippen LogP contribution in [0.1, 0.15) is 92.3 Å². The fourth-order valence-corrected chi connectivity index (χ4v) is 11.0. The molecule has 0 saturated carbocycles. The number of nitriles is 1. The Labute approximate surface area is 196 Å². The van der Waals surface area contributed by atoms with Crippen LogP contribution in [0.25, 0.3) is 0 Å². The molecule has 1 fully saturated rings. The topological polar surface area (TPSA) is 62.6 Å². The molecule has 2 atom stereocenters. The Kier molecular flexibility index (Phi) is 8.58. The highest BCUT2D eigenvalue weighted by Gasteiger charge is 2.48. The van der Waals surface area contributed by atoms with Crippen LogP contribution < -0.4 is 0 Å². The van der Waals surface area contributed by atoms with Crippen molar-refractivity contribution in [2.24, 2.45) is 0 Å². The average molecular weight is 459 g/mol. The van der Waals surface area contributed by atoms with Crippen molar-refractivity contribution in [2.45, 2.75) is 110 Å². The molecule has 1 saturated heterocycles. The van der Waals surface area contributed by atoms with Crippen LogP contribution in [0.15, 0.2) is 24.3 Å². The molecule has 2 rings (SSSR count). The molecule has 1 heterocycles. The number of hydrogen-bond donors (Lipinski definition) is 0. The standard InChI is InChI=1S/C26H42N2O3Si/c1-18(2)32(19(3)4,20(5)6)31-23-14-15-28(25(29)30-26(7,8)9)24(16-23)22-12-10-21(17-27)11-13-22/h10-13,18-20,23-24H,14-16H2,1-9H3/t23-,24+/m1/s1. The molecule has 0 unspecified atom stereocenters. The van der Waals surface area contributed by atoms with Gasteiger partial charge in [-0.2, -0.15) is 5.26 Å². The van der Waals surface area contributed by atoms with E-state index in [1.54, 1.807) is 0 Å². The number of likely N-dealkylation sites (tertiary alicyclic amines) is 1. The highest BCUT2D eigenvalue weighted by molar-refractivity contribution is 6.77. The molecule has 0 bridgehead atoms. The van der Waals surface area contributed by atoms with Crippen molar-refractivity contribution in [3.8, 4) is 6.07 Å². The van der Waals surface area contributed by atoms with Crippen LogP contribution in [0, 0.1) is 11.3 Å². The van der Waals surface area contributed by atoms with Crippen LogP contribution >= 0.6 is 0 Å². The summed E-state index contributed by atoms with van der Waals surface area (Å²) in [5.74, 6) is 0. The maximum atomic E-state index is 13.1. The molecule has 178 valence electrons. The monoisotopic (exact) mass is 458 g/mol. The quantitative estimate of drug-likeness (QED) is 0.423. The van der Waals surface area contributed by atoms with Gasteiger partial charge in [-0.3, -0.25) is 0 Å². The lowest BCUT2D eigenvalue weighted by atomic mass is 9.93. The molecule has 1 amide bonds. The van der Waals surface area contributed by atoms with E-state index in [-0.39, 0.29) is 18.2 Å². The first-order chi connectivity index (χ1) is 14.8. The number of amides is 1. The maximum absolute atomic E-state index is 13.1. The molecular formula is C26H42N2O3Si. The van der Waals surface area contributed by atoms with Crippen molar-refractivity contribution in [2.75, 3.05) is 6.54 Å². The lowest BCUT2D eigenvalue weighted by molar-refractivity contribution is -0.00702. The van der Waals surface area contributed by atoms with Crippen LogP contribution in [0.5, 0.6) is 0 Å². The van der Waals surface area contributed by atoms with Crippen LogP contribution in [-0.2, 0) is 9.16 Å². The number of carbonyl (C=O) groups excluding carboxylic acids is 1. The summed E-state index contributed by atoms with van der Waals surface area (Å²) >= 11 is 0. The SMILES string of the molecule is CC(C)[Si](O[C@@H]1CCN(C(=O)OC(C)(C)C)[C@H](c2ccc(C#N)cc2)C1)(C(C)C)C(C)C. The van der Waals surface area contributed by atoms with Gasteiger partial charge in [-0.25, -0.2) is 4.79 Å². The highest BCUT2D eigenvalue weighted by Crippen LogP contribution is 2.45. The lowest BCUT2D eigenvalue weighted by Gasteiger charge is -2.48. The largest absolute Gasteiger partial charge is 0.444 e. The summed E-state index contributed by atoms with van der Waals surface area (Å²) in [4.78, 5) is 14.9. The summed E-state index contributed by atoms with van der Waals surface area (Å²) in [6, 6.07) is 9.61. The van der Waals surface area contributed by atoms with E-state index in [1.807, 2.05) is 49.9 Å². The van der Waals surface area contributed by atoms with Crippen molar-refractivity contribution >= 4 is 14.4 Å².